The molecule has 0 spiro atoms. The van der Waals surface area contributed by atoms with E-state index in [4.69, 9.17) is 9.84 Å². The Bertz CT molecular complexity index is 170. The number of carbonyl (C=O) groups excluding carboxylic acids is 1. The Morgan fingerprint density at radius 3 is 2.69 bits per heavy atom. The Kier molecular flexibility index (Phi) is 6.18. The minimum Gasteiger partial charge on any atom is -0.394 e. The monoisotopic (exact) mass is 187 g/mol. The van der Waals surface area contributed by atoms with Crippen molar-refractivity contribution in [1.82, 2.24) is 5.32 Å². The fraction of sp³-hybridized carbons (Fsp3) is 0.667. The van der Waals surface area contributed by atoms with Gasteiger partial charge in [0.05, 0.1) is 18.8 Å². The number of nitrogens with one attached hydrogen (secondary N) is 1. The van der Waals surface area contributed by atoms with Gasteiger partial charge in [0.1, 0.15) is 0 Å². The topological polar surface area (TPSA) is 58.6 Å². The maximum absolute atomic E-state index is 10.7. The van der Waals surface area contributed by atoms with Gasteiger partial charge < -0.3 is 15.2 Å². The highest BCUT2D eigenvalue weighted by Gasteiger charge is 2.19. The molecule has 0 saturated heterocycles. The van der Waals surface area contributed by atoms with Crippen LogP contribution in [0.1, 0.15) is 13.3 Å². The standard InChI is InChI=1S/C9H17NO3/c1-4-5-9(13-3)8(6-11)10-7(2)12/h4,8-9,11H,1,5-6H2,2-3H3,(H,10,12)/t8-,9+/m0/s1. The van der Waals surface area contributed by atoms with Crippen molar-refractivity contribution >= 4 is 5.91 Å². The molecule has 4 heteroatoms. The zero-order chi connectivity index (χ0) is 10.3. The van der Waals surface area contributed by atoms with Crippen LogP contribution in [-0.4, -0.2) is 36.9 Å². The molecule has 2 N–H and O–H groups in total. The second-order valence-electron chi connectivity index (χ2n) is 2.79. The van der Waals surface area contributed by atoms with E-state index >= 15 is 0 Å². The van der Waals surface area contributed by atoms with Crippen molar-refractivity contribution in [3.63, 3.8) is 0 Å². The molecule has 1 amide bonds. The van der Waals surface area contributed by atoms with Gasteiger partial charge in [-0.3, -0.25) is 4.79 Å². The molecule has 0 aliphatic heterocycles. The van der Waals surface area contributed by atoms with Gasteiger partial charge in [0, 0.05) is 14.0 Å². The number of hydrogen-bond acceptors (Lipinski definition) is 3. The smallest absolute Gasteiger partial charge is 0.217 e. The summed E-state index contributed by atoms with van der Waals surface area (Å²) in [7, 11) is 1.54. The Morgan fingerprint density at radius 1 is 1.77 bits per heavy atom. The number of amides is 1. The normalized spacial score (nSPS) is 14.7. The molecule has 0 bridgehead atoms. The number of rotatable bonds is 6. The van der Waals surface area contributed by atoms with Crippen molar-refractivity contribution in [2.75, 3.05) is 13.7 Å². The molecule has 2 atom stereocenters. The third-order valence-corrected chi connectivity index (χ3v) is 1.74. The van der Waals surface area contributed by atoms with Crippen molar-refractivity contribution in [2.45, 2.75) is 25.5 Å². The predicted octanol–water partition coefficient (Wildman–Crippen LogP) is 0.0745. The highest BCUT2D eigenvalue weighted by molar-refractivity contribution is 5.73. The first kappa shape index (κ1) is 12.1. The summed E-state index contributed by atoms with van der Waals surface area (Å²) < 4.78 is 5.10. The number of methoxy groups -OCH3 is 1. The summed E-state index contributed by atoms with van der Waals surface area (Å²) in [5.41, 5.74) is 0. The number of hydrogen-bond donors (Lipinski definition) is 2. The number of ether oxygens (including phenoxy) is 1. The first-order chi connectivity index (χ1) is 6.15. The lowest BCUT2D eigenvalue weighted by Crippen LogP contribution is -2.45. The maximum Gasteiger partial charge on any atom is 0.217 e. The van der Waals surface area contributed by atoms with Crippen LogP contribution in [0.25, 0.3) is 0 Å². The van der Waals surface area contributed by atoms with Crippen molar-refractivity contribution in [3.05, 3.63) is 12.7 Å². The zero-order valence-electron chi connectivity index (χ0n) is 8.12. The van der Waals surface area contributed by atoms with Gasteiger partial charge in [-0.1, -0.05) is 6.08 Å². The second-order valence-corrected chi connectivity index (χ2v) is 2.79. The van der Waals surface area contributed by atoms with Crippen LogP contribution in [0.4, 0.5) is 0 Å². The molecular weight excluding hydrogens is 170 g/mol. The summed E-state index contributed by atoms with van der Waals surface area (Å²) in [5, 5.41) is 11.6. The van der Waals surface area contributed by atoms with Gasteiger partial charge in [-0.2, -0.15) is 0 Å². The highest BCUT2D eigenvalue weighted by Crippen LogP contribution is 2.03. The van der Waals surface area contributed by atoms with Crippen molar-refractivity contribution in [3.8, 4) is 0 Å². The van der Waals surface area contributed by atoms with E-state index in [1.165, 1.54) is 6.92 Å². The summed E-state index contributed by atoms with van der Waals surface area (Å²) >= 11 is 0. The molecule has 0 rings (SSSR count). The van der Waals surface area contributed by atoms with Crippen molar-refractivity contribution in [1.29, 1.82) is 0 Å². The largest absolute Gasteiger partial charge is 0.394 e. The fourth-order valence-corrected chi connectivity index (χ4v) is 1.11. The van der Waals surface area contributed by atoms with Crippen LogP contribution < -0.4 is 5.32 Å². The molecule has 0 aromatic rings. The first-order valence-corrected chi connectivity index (χ1v) is 4.17. The molecule has 4 nitrogen and oxygen atoms in total. The molecule has 0 fully saturated rings. The molecule has 0 aromatic heterocycles. The van der Waals surface area contributed by atoms with E-state index in [1.807, 2.05) is 0 Å². The molecule has 0 heterocycles. The van der Waals surface area contributed by atoms with Gasteiger partial charge >= 0.3 is 0 Å². The number of aliphatic hydroxyl groups excluding tert-OH is 1. The summed E-state index contributed by atoms with van der Waals surface area (Å²) in [4.78, 5) is 10.7. The number of aliphatic hydroxyl groups is 1. The van der Waals surface area contributed by atoms with E-state index in [0.29, 0.717) is 6.42 Å². The van der Waals surface area contributed by atoms with Crippen LogP contribution in [0.5, 0.6) is 0 Å². The molecule has 76 valence electrons. The molecule has 0 aromatic carbocycles. The minimum absolute atomic E-state index is 0.133. The maximum atomic E-state index is 10.7. The van der Waals surface area contributed by atoms with Gasteiger partial charge in [-0.25, -0.2) is 0 Å². The Hall–Kier alpha value is -0.870. The molecule has 0 aliphatic carbocycles. The molecule has 0 aliphatic rings. The number of carbonyl (C=O) groups is 1. The Balaban J connectivity index is 4.14. The molecule has 13 heavy (non-hydrogen) atoms. The fourth-order valence-electron chi connectivity index (χ4n) is 1.11. The lowest BCUT2D eigenvalue weighted by Gasteiger charge is -2.23. The minimum atomic E-state index is -0.361. The SMILES string of the molecule is C=CC[C@@H](OC)[C@H](CO)NC(C)=O. The van der Waals surface area contributed by atoms with E-state index in [0.717, 1.165) is 0 Å². The summed E-state index contributed by atoms with van der Waals surface area (Å²) in [5.74, 6) is -0.176. The Labute approximate surface area is 78.6 Å². The summed E-state index contributed by atoms with van der Waals surface area (Å²) in [6.45, 7) is 4.84. The van der Waals surface area contributed by atoms with Crippen LogP contribution in [0.3, 0.4) is 0 Å². The van der Waals surface area contributed by atoms with Crippen LogP contribution in [0.15, 0.2) is 12.7 Å². The predicted molar refractivity (Wildman–Crippen MR) is 50.3 cm³/mol. The van der Waals surface area contributed by atoms with Gasteiger partial charge in [0.15, 0.2) is 0 Å². The van der Waals surface area contributed by atoms with Crippen LogP contribution in [0.2, 0.25) is 0 Å². The van der Waals surface area contributed by atoms with E-state index in [-0.39, 0.29) is 24.7 Å². The average Bonchev–Trinajstić information content (AvgIpc) is 2.10. The van der Waals surface area contributed by atoms with Crippen LogP contribution >= 0.6 is 0 Å². The molecule has 0 saturated carbocycles. The van der Waals surface area contributed by atoms with E-state index in [9.17, 15) is 4.79 Å². The summed E-state index contributed by atoms with van der Waals surface area (Å²) in [6, 6.07) is -0.361. The average molecular weight is 187 g/mol. The molecular formula is C9H17NO3. The molecule has 0 radical (unpaired) electrons. The quantitative estimate of drug-likeness (QED) is 0.579. The van der Waals surface area contributed by atoms with E-state index in [2.05, 4.69) is 11.9 Å². The first-order valence-electron chi connectivity index (χ1n) is 4.17. The lowest BCUT2D eigenvalue weighted by molar-refractivity contribution is -0.121. The summed E-state index contributed by atoms with van der Waals surface area (Å²) in [6.07, 6.45) is 2.08. The van der Waals surface area contributed by atoms with Gasteiger partial charge in [-0.05, 0) is 6.42 Å². The third-order valence-electron chi connectivity index (χ3n) is 1.74. The van der Waals surface area contributed by atoms with Gasteiger partial charge in [0.25, 0.3) is 0 Å². The van der Waals surface area contributed by atoms with Gasteiger partial charge in [0.2, 0.25) is 5.91 Å². The Morgan fingerprint density at radius 2 is 2.38 bits per heavy atom. The second kappa shape index (κ2) is 6.62. The zero-order valence-corrected chi connectivity index (χ0v) is 8.12. The van der Waals surface area contributed by atoms with Crippen molar-refractivity contribution < 1.29 is 14.6 Å². The van der Waals surface area contributed by atoms with Gasteiger partial charge in [-0.15, -0.1) is 6.58 Å². The van der Waals surface area contributed by atoms with Crippen LogP contribution in [-0.2, 0) is 9.53 Å². The van der Waals surface area contributed by atoms with E-state index in [1.54, 1.807) is 13.2 Å². The molecule has 0 unspecified atom stereocenters. The van der Waals surface area contributed by atoms with E-state index < -0.39 is 0 Å². The lowest BCUT2D eigenvalue weighted by atomic mass is 10.1. The third kappa shape index (κ3) is 4.65. The van der Waals surface area contributed by atoms with Crippen molar-refractivity contribution in [2.24, 2.45) is 0 Å². The highest BCUT2D eigenvalue weighted by atomic mass is 16.5. The van der Waals surface area contributed by atoms with Crippen LogP contribution in [0, 0.1) is 0 Å².